The molecule has 0 saturated heterocycles. The van der Waals surface area contributed by atoms with E-state index in [4.69, 9.17) is 9.47 Å². The van der Waals surface area contributed by atoms with Gasteiger partial charge in [-0.15, -0.1) is 0 Å². The third-order valence-corrected chi connectivity index (χ3v) is 3.13. The van der Waals surface area contributed by atoms with Crippen LogP contribution in [-0.4, -0.2) is 24.2 Å². The van der Waals surface area contributed by atoms with Gasteiger partial charge in [-0.25, -0.2) is 4.98 Å². The van der Waals surface area contributed by atoms with E-state index in [0.29, 0.717) is 17.7 Å². The summed E-state index contributed by atoms with van der Waals surface area (Å²) in [5.41, 5.74) is 2.15. The minimum absolute atomic E-state index is 0.463. The Morgan fingerprint density at radius 1 is 0.769 bits per heavy atom. The van der Waals surface area contributed by atoms with Gasteiger partial charge in [-0.05, 0) is 24.0 Å². The smallest absolute Gasteiger partial charge is 0.213 e. The highest BCUT2D eigenvalue weighted by Crippen LogP contribution is 2.16. The normalized spacial score (nSPS) is 9.08. The minimum atomic E-state index is 0.463. The van der Waals surface area contributed by atoms with Crippen molar-refractivity contribution in [2.45, 2.75) is 67.2 Å². The van der Waals surface area contributed by atoms with E-state index < -0.39 is 0 Å². The van der Waals surface area contributed by atoms with Gasteiger partial charge in [0.25, 0.3) is 0 Å². The van der Waals surface area contributed by atoms with E-state index in [-0.39, 0.29) is 0 Å². The van der Waals surface area contributed by atoms with Crippen molar-refractivity contribution in [2.24, 2.45) is 0 Å². The Hall–Kier alpha value is -2.10. The van der Waals surface area contributed by atoms with Crippen molar-refractivity contribution in [2.75, 3.05) is 14.2 Å². The van der Waals surface area contributed by atoms with Crippen LogP contribution in [0.4, 0.5) is 0 Å². The van der Waals surface area contributed by atoms with Gasteiger partial charge >= 0.3 is 0 Å². The first-order chi connectivity index (χ1) is 12.5. The molecule has 0 fully saturated rings. The van der Waals surface area contributed by atoms with E-state index in [9.17, 15) is 0 Å². The zero-order valence-corrected chi connectivity index (χ0v) is 18.3. The van der Waals surface area contributed by atoms with Crippen molar-refractivity contribution >= 4 is 0 Å². The SMILES string of the molecule is CC.CC.COc1cccc(C(C)C)n1.COc1ccnc(C(C)C)c1. The van der Waals surface area contributed by atoms with Crippen LogP contribution in [0.1, 0.15) is 78.6 Å². The largest absolute Gasteiger partial charge is 0.497 e. The molecule has 0 aliphatic carbocycles. The number of hydrogen-bond donors (Lipinski definition) is 0. The molecule has 0 aliphatic rings. The summed E-state index contributed by atoms with van der Waals surface area (Å²) in [4.78, 5) is 8.48. The quantitative estimate of drug-likeness (QED) is 0.624. The van der Waals surface area contributed by atoms with Crippen LogP contribution < -0.4 is 9.47 Å². The number of ether oxygens (including phenoxy) is 2. The molecular weight excluding hydrogens is 324 g/mol. The number of aromatic nitrogens is 2. The van der Waals surface area contributed by atoms with Gasteiger partial charge < -0.3 is 9.47 Å². The molecule has 4 heteroatoms. The molecular formula is C22H38N2O2. The molecule has 2 heterocycles. The molecule has 0 amide bonds. The van der Waals surface area contributed by atoms with Crippen molar-refractivity contribution in [1.82, 2.24) is 9.97 Å². The van der Waals surface area contributed by atoms with E-state index in [1.165, 1.54) is 0 Å². The summed E-state index contributed by atoms with van der Waals surface area (Å²) in [7, 11) is 3.30. The van der Waals surface area contributed by atoms with Gasteiger partial charge in [0.05, 0.1) is 14.2 Å². The van der Waals surface area contributed by atoms with E-state index >= 15 is 0 Å². The Kier molecular flexibility index (Phi) is 16.5. The summed E-state index contributed by atoms with van der Waals surface area (Å²) >= 11 is 0. The van der Waals surface area contributed by atoms with Crippen molar-refractivity contribution in [1.29, 1.82) is 0 Å². The highest BCUT2D eigenvalue weighted by Gasteiger charge is 2.01. The predicted octanol–water partition coefficient (Wildman–Crippen LogP) is 6.48. The Balaban J connectivity index is 0. The van der Waals surface area contributed by atoms with E-state index in [2.05, 4.69) is 37.7 Å². The molecule has 2 rings (SSSR count). The van der Waals surface area contributed by atoms with E-state index in [0.717, 1.165) is 17.1 Å². The van der Waals surface area contributed by atoms with Crippen LogP contribution in [0.5, 0.6) is 11.6 Å². The molecule has 0 atom stereocenters. The lowest BCUT2D eigenvalue weighted by Crippen LogP contribution is -1.94. The summed E-state index contributed by atoms with van der Waals surface area (Å²) in [5.74, 6) is 2.50. The standard InChI is InChI=1S/2C9H13NO.2C2H6/c1-7(2)9-6-8(11-3)4-5-10-9;1-7(2)8-5-4-6-9(10-8)11-3;2*1-2/h2*4-7H,1-3H3;2*1-2H3. The zero-order chi connectivity index (χ0) is 20.5. The molecule has 0 spiro atoms. The highest BCUT2D eigenvalue weighted by molar-refractivity contribution is 5.23. The summed E-state index contributed by atoms with van der Waals surface area (Å²) < 4.78 is 10.1. The first-order valence-electron chi connectivity index (χ1n) is 9.48. The third-order valence-electron chi connectivity index (χ3n) is 3.13. The van der Waals surface area contributed by atoms with Crippen LogP contribution in [0.15, 0.2) is 36.5 Å². The van der Waals surface area contributed by atoms with Crippen molar-refractivity contribution in [3.8, 4) is 11.6 Å². The van der Waals surface area contributed by atoms with Crippen LogP contribution in [0.3, 0.4) is 0 Å². The molecule has 0 unspecified atom stereocenters. The number of nitrogens with zero attached hydrogens (tertiary/aromatic N) is 2. The van der Waals surface area contributed by atoms with Gasteiger partial charge in [0.1, 0.15) is 5.75 Å². The summed E-state index contributed by atoms with van der Waals surface area (Å²) in [5, 5.41) is 0. The first kappa shape index (κ1) is 26.1. The summed E-state index contributed by atoms with van der Waals surface area (Å²) in [6, 6.07) is 9.64. The average molecular weight is 363 g/mol. The topological polar surface area (TPSA) is 44.2 Å². The maximum absolute atomic E-state index is 5.07. The van der Waals surface area contributed by atoms with Crippen LogP contribution in [-0.2, 0) is 0 Å². The summed E-state index contributed by atoms with van der Waals surface area (Å²) in [6.45, 7) is 16.5. The van der Waals surface area contributed by atoms with Crippen LogP contribution in [0.2, 0.25) is 0 Å². The maximum atomic E-state index is 5.07. The molecule has 0 aromatic carbocycles. The van der Waals surface area contributed by atoms with E-state index in [1.807, 2.05) is 58.0 Å². The molecule has 2 aromatic heterocycles. The predicted molar refractivity (Wildman–Crippen MR) is 112 cm³/mol. The second-order valence-electron chi connectivity index (χ2n) is 5.53. The van der Waals surface area contributed by atoms with E-state index in [1.54, 1.807) is 20.4 Å². The third kappa shape index (κ3) is 10.7. The molecule has 4 nitrogen and oxygen atoms in total. The molecule has 0 N–H and O–H groups in total. The van der Waals surface area contributed by atoms with Crippen LogP contribution in [0, 0.1) is 0 Å². The van der Waals surface area contributed by atoms with Gasteiger partial charge in [0, 0.05) is 29.7 Å². The van der Waals surface area contributed by atoms with Gasteiger partial charge in [-0.1, -0.05) is 61.5 Å². The van der Waals surface area contributed by atoms with Crippen molar-refractivity contribution in [3.05, 3.63) is 47.9 Å². The Morgan fingerprint density at radius 3 is 1.81 bits per heavy atom. The Bertz CT molecular complexity index is 518. The van der Waals surface area contributed by atoms with Crippen molar-refractivity contribution < 1.29 is 9.47 Å². The fourth-order valence-electron chi connectivity index (χ4n) is 1.74. The molecule has 0 saturated carbocycles. The van der Waals surface area contributed by atoms with Gasteiger partial charge in [-0.3, -0.25) is 4.98 Å². The summed E-state index contributed by atoms with van der Waals surface area (Å²) in [6.07, 6.45) is 1.77. The Morgan fingerprint density at radius 2 is 1.35 bits per heavy atom. The highest BCUT2D eigenvalue weighted by atomic mass is 16.5. The maximum Gasteiger partial charge on any atom is 0.213 e. The van der Waals surface area contributed by atoms with Crippen LogP contribution in [0.25, 0.3) is 0 Å². The van der Waals surface area contributed by atoms with Gasteiger partial charge in [0.15, 0.2) is 0 Å². The lowest BCUT2D eigenvalue weighted by Gasteiger charge is -2.05. The first-order valence-corrected chi connectivity index (χ1v) is 9.48. The molecule has 148 valence electrons. The molecule has 0 bridgehead atoms. The number of pyridine rings is 2. The lowest BCUT2D eigenvalue weighted by molar-refractivity contribution is 0.395. The number of methoxy groups -OCH3 is 2. The molecule has 26 heavy (non-hydrogen) atoms. The van der Waals surface area contributed by atoms with Gasteiger partial charge in [-0.2, -0.15) is 0 Å². The number of rotatable bonds is 4. The second kappa shape index (κ2) is 16.4. The fourth-order valence-corrected chi connectivity index (χ4v) is 1.74. The van der Waals surface area contributed by atoms with Gasteiger partial charge in [0.2, 0.25) is 5.88 Å². The fraction of sp³-hybridized carbons (Fsp3) is 0.545. The second-order valence-corrected chi connectivity index (χ2v) is 5.53. The monoisotopic (exact) mass is 362 g/mol. The molecule has 2 aromatic rings. The minimum Gasteiger partial charge on any atom is -0.497 e. The molecule has 0 aliphatic heterocycles. The lowest BCUT2D eigenvalue weighted by atomic mass is 10.1. The van der Waals surface area contributed by atoms with Crippen molar-refractivity contribution in [3.63, 3.8) is 0 Å². The zero-order valence-electron chi connectivity index (χ0n) is 18.3. The number of hydrogen-bond acceptors (Lipinski definition) is 4. The Labute approximate surface area is 161 Å². The van der Waals surface area contributed by atoms with Crippen LogP contribution >= 0.6 is 0 Å². The average Bonchev–Trinajstić information content (AvgIpc) is 2.71. The molecule has 0 radical (unpaired) electrons.